The van der Waals surface area contributed by atoms with Crippen LogP contribution in [0, 0.1) is 5.92 Å². The lowest BCUT2D eigenvalue weighted by molar-refractivity contribution is -0.0368. The Kier molecular flexibility index (Phi) is 5.55. The summed E-state index contributed by atoms with van der Waals surface area (Å²) < 4.78 is 14.7. The Morgan fingerprint density at radius 2 is 1.91 bits per heavy atom. The molecule has 33 heavy (non-hydrogen) atoms. The summed E-state index contributed by atoms with van der Waals surface area (Å²) in [5.74, 6) is 1.64. The summed E-state index contributed by atoms with van der Waals surface area (Å²) in [4.78, 5) is 4.66. The molecule has 0 amide bonds. The van der Waals surface area contributed by atoms with Crippen LogP contribution in [-0.4, -0.2) is 68.1 Å². The highest BCUT2D eigenvalue weighted by Gasteiger charge is 2.27. The third kappa shape index (κ3) is 4.13. The van der Waals surface area contributed by atoms with Crippen molar-refractivity contribution in [2.45, 2.75) is 63.1 Å². The van der Waals surface area contributed by atoms with Gasteiger partial charge in [0.2, 0.25) is 5.95 Å². The summed E-state index contributed by atoms with van der Waals surface area (Å²) in [5, 5.41) is 23.0. The zero-order valence-corrected chi connectivity index (χ0v) is 19.1. The van der Waals surface area contributed by atoms with Crippen molar-refractivity contribution in [3.05, 3.63) is 30.4 Å². The van der Waals surface area contributed by atoms with Crippen molar-refractivity contribution < 1.29 is 14.6 Å². The molecule has 9 heteroatoms. The van der Waals surface area contributed by atoms with Crippen LogP contribution in [0.2, 0.25) is 0 Å². The quantitative estimate of drug-likeness (QED) is 0.569. The summed E-state index contributed by atoms with van der Waals surface area (Å²) in [6.07, 6.45) is 10.4. The lowest BCUT2D eigenvalue weighted by Crippen LogP contribution is -2.33. The van der Waals surface area contributed by atoms with E-state index in [1.165, 1.54) is 5.69 Å². The second kappa shape index (κ2) is 8.70. The molecule has 2 aliphatic heterocycles. The maximum Gasteiger partial charge on any atom is 0.241 e. The first kappa shape index (κ1) is 21.1. The van der Waals surface area contributed by atoms with E-state index in [1.807, 2.05) is 17.1 Å². The van der Waals surface area contributed by atoms with Crippen molar-refractivity contribution in [3.8, 4) is 11.1 Å². The van der Waals surface area contributed by atoms with E-state index in [-0.39, 0.29) is 12.1 Å². The van der Waals surface area contributed by atoms with Crippen LogP contribution in [0.5, 0.6) is 0 Å². The minimum Gasteiger partial charge on any atom is -0.393 e. The lowest BCUT2D eigenvalue weighted by Gasteiger charge is -2.28. The van der Waals surface area contributed by atoms with Crippen LogP contribution < -0.4 is 5.32 Å². The molecule has 1 aliphatic carbocycles. The van der Waals surface area contributed by atoms with Crippen molar-refractivity contribution in [1.82, 2.24) is 24.4 Å². The molecule has 1 saturated carbocycles. The number of hydrogen-bond acceptors (Lipinski definition) is 7. The van der Waals surface area contributed by atoms with Gasteiger partial charge in [0.25, 0.3) is 0 Å². The molecule has 1 unspecified atom stereocenters. The molecule has 2 N–H and O–H groups in total. The summed E-state index contributed by atoms with van der Waals surface area (Å²) in [6, 6.07) is 2.85. The zero-order valence-electron chi connectivity index (χ0n) is 19.1. The summed E-state index contributed by atoms with van der Waals surface area (Å²) in [6.45, 7) is 5.32. The molecule has 6 rings (SSSR count). The normalized spacial score (nSPS) is 25.0. The molecule has 0 aromatic carbocycles. The Morgan fingerprint density at radius 1 is 1.12 bits per heavy atom. The maximum atomic E-state index is 10.0. The van der Waals surface area contributed by atoms with Crippen LogP contribution in [0.4, 0.5) is 5.95 Å². The van der Waals surface area contributed by atoms with Crippen molar-refractivity contribution in [2.75, 3.05) is 31.7 Å². The maximum absolute atomic E-state index is 10.0. The third-order valence-electron chi connectivity index (χ3n) is 7.34. The molecule has 9 nitrogen and oxygen atoms in total. The van der Waals surface area contributed by atoms with E-state index >= 15 is 0 Å². The fraction of sp³-hybridized carbons (Fsp3) is 0.625. The van der Waals surface area contributed by atoms with Gasteiger partial charge in [-0.05, 0) is 45.1 Å². The second-order valence-electron chi connectivity index (χ2n) is 9.95. The number of aromatic nitrogens is 5. The SMILES string of the molecule is CC(CC1COC1)Nc1ncc2c(-c3cnn(C4COC4)c3)cc(C3CCC(O)CC3)n2n1. The molecular weight excluding hydrogens is 420 g/mol. The van der Waals surface area contributed by atoms with Gasteiger partial charge in [0, 0.05) is 40.9 Å². The zero-order chi connectivity index (χ0) is 22.4. The first-order valence-electron chi connectivity index (χ1n) is 12.2. The van der Waals surface area contributed by atoms with Crippen LogP contribution in [0.3, 0.4) is 0 Å². The van der Waals surface area contributed by atoms with E-state index < -0.39 is 0 Å². The van der Waals surface area contributed by atoms with E-state index in [0.29, 0.717) is 23.8 Å². The first-order chi connectivity index (χ1) is 16.1. The number of rotatable bonds is 7. The highest BCUT2D eigenvalue weighted by Crippen LogP contribution is 2.38. The highest BCUT2D eigenvalue weighted by molar-refractivity contribution is 5.81. The molecule has 3 fully saturated rings. The molecule has 0 bridgehead atoms. The van der Waals surface area contributed by atoms with Gasteiger partial charge in [-0.3, -0.25) is 4.68 Å². The summed E-state index contributed by atoms with van der Waals surface area (Å²) in [5.41, 5.74) is 4.36. The molecule has 3 aliphatic rings. The fourth-order valence-electron chi connectivity index (χ4n) is 5.23. The first-order valence-corrected chi connectivity index (χ1v) is 12.2. The Morgan fingerprint density at radius 3 is 2.61 bits per heavy atom. The van der Waals surface area contributed by atoms with Gasteiger partial charge in [-0.25, -0.2) is 9.50 Å². The van der Waals surface area contributed by atoms with Gasteiger partial charge < -0.3 is 19.9 Å². The van der Waals surface area contributed by atoms with Gasteiger partial charge in [0.1, 0.15) is 0 Å². The minimum atomic E-state index is -0.182. The number of anilines is 1. The molecule has 5 heterocycles. The number of nitrogens with one attached hydrogen (secondary N) is 1. The fourth-order valence-corrected chi connectivity index (χ4v) is 5.23. The van der Waals surface area contributed by atoms with Gasteiger partial charge in [-0.15, -0.1) is 5.10 Å². The second-order valence-corrected chi connectivity index (χ2v) is 9.95. The van der Waals surface area contributed by atoms with Crippen LogP contribution in [0.25, 0.3) is 16.6 Å². The Labute approximate surface area is 193 Å². The molecule has 3 aromatic rings. The molecule has 3 aromatic heterocycles. The van der Waals surface area contributed by atoms with Gasteiger partial charge in [-0.2, -0.15) is 5.10 Å². The average molecular weight is 453 g/mol. The van der Waals surface area contributed by atoms with Gasteiger partial charge in [0.15, 0.2) is 0 Å². The predicted molar refractivity (Wildman–Crippen MR) is 123 cm³/mol. The van der Waals surface area contributed by atoms with Crippen LogP contribution in [0.15, 0.2) is 24.7 Å². The Hall–Kier alpha value is -2.49. The minimum absolute atomic E-state index is 0.182. The van der Waals surface area contributed by atoms with Crippen molar-refractivity contribution in [3.63, 3.8) is 0 Å². The largest absolute Gasteiger partial charge is 0.393 e. The van der Waals surface area contributed by atoms with Crippen LogP contribution >= 0.6 is 0 Å². The number of ether oxygens (including phenoxy) is 2. The molecular formula is C24H32N6O3. The van der Waals surface area contributed by atoms with Crippen molar-refractivity contribution in [1.29, 1.82) is 0 Å². The van der Waals surface area contributed by atoms with Crippen LogP contribution in [-0.2, 0) is 9.47 Å². The standard InChI is InChI=1S/C24H32N6O3/c1-15(6-16-11-32-12-16)27-24-25-9-23-21(18-8-26-29(10-18)19-13-33-14-19)7-22(30(23)28-24)17-2-4-20(31)5-3-17/h7-10,15-17,19-20,31H,2-6,11-14H2,1H3,(H,27,28). The monoisotopic (exact) mass is 452 g/mol. The number of aliphatic hydroxyl groups is 1. The number of aliphatic hydroxyl groups excluding tert-OH is 1. The van der Waals surface area contributed by atoms with E-state index in [0.717, 1.165) is 75.2 Å². The van der Waals surface area contributed by atoms with Crippen molar-refractivity contribution in [2.24, 2.45) is 5.92 Å². The predicted octanol–water partition coefficient (Wildman–Crippen LogP) is 3.02. The van der Waals surface area contributed by atoms with Crippen LogP contribution in [0.1, 0.15) is 56.7 Å². The van der Waals surface area contributed by atoms with Gasteiger partial charge >= 0.3 is 0 Å². The lowest BCUT2D eigenvalue weighted by atomic mass is 9.85. The number of fused-ring (bicyclic) bond motifs is 1. The Bertz CT molecular complexity index is 1110. The van der Waals surface area contributed by atoms with Crippen molar-refractivity contribution >= 4 is 11.5 Å². The van der Waals surface area contributed by atoms with E-state index in [9.17, 15) is 5.11 Å². The van der Waals surface area contributed by atoms with Gasteiger partial charge in [0.05, 0.1) is 56.5 Å². The average Bonchev–Trinajstić information content (AvgIpc) is 3.35. The topological polar surface area (TPSA) is 98.7 Å². The summed E-state index contributed by atoms with van der Waals surface area (Å²) >= 11 is 0. The molecule has 1 atom stereocenters. The van der Waals surface area contributed by atoms with Gasteiger partial charge in [-0.1, -0.05) is 0 Å². The number of hydrogen-bond donors (Lipinski definition) is 2. The van der Waals surface area contributed by atoms with E-state index in [4.69, 9.17) is 14.6 Å². The smallest absolute Gasteiger partial charge is 0.241 e. The third-order valence-corrected chi connectivity index (χ3v) is 7.34. The summed E-state index contributed by atoms with van der Waals surface area (Å²) in [7, 11) is 0. The van der Waals surface area contributed by atoms with E-state index in [1.54, 1.807) is 0 Å². The molecule has 176 valence electrons. The highest BCUT2D eigenvalue weighted by atomic mass is 16.5. The number of nitrogens with zero attached hydrogens (tertiary/aromatic N) is 5. The molecule has 0 spiro atoms. The Balaban J connectivity index is 1.33. The molecule has 2 saturated heterocycles. The molecule has 0 radical (unpaired) electrons. The van der Waals surface area contributed by atoms with E-state index in [2.05, 4.69) is 39.1 Å².